The van der Waals surface area contributed by atoms with Gasteiger partial charge in [-0.05, 0) is 35.9 Å². The van der Waals surface area contributed by atoms with Crippen LogP contribution in [0.3, 0.4) is 0 Å². The molecule has 1 atom stereocenters. The fraction of sp³-hybridized carbons (Fsp3) is 0.381. The number of halogens is 1. The number of nitrogens with zero attached hydrogens (tertiary/aromatic N) is 2. The van der Waals surface area contributed by atoms with Crippen molar-refractivity contribution in [3.63, 3.8) is 0 Å². The molecule has 0 unspecified atom stereocenters. The third-order valence-corrected chi connectivity index (χ3v) is 5.05. The molecule has 0 bridgehead atoms. The van der Waals surface area contributed by atoms with Crippen molar-refractivity contribution in [2.75, 3.05) is 57.2 Å². The third-order valence-electron chi connectivity index (χ3n) is 4.82. The van der Waals surface area contributed by atoms with Gasteiger partial charge < -0.3 is 20.3 Å². The number of morpholine rings is 1. The number of carbonyl (C=O) groups is 1. The van der Waals surface area contributed by atoms with Crippen molar-refractivity contribution < 1.29 is 9.53 Å². The molecule has 1 heterocycles. The summed E-state index contributed by atoms with van der Waals surface area (Å²) in [4.78, 5) is 16.8. The predicted molar refractivity (Wildman–Crippen MR) is 114 cm³/mol. The molecule has 28 heavy (non-hydrogen) atoms. The summed E-state index contributed by atoms with van der Waals surface area (Å²) < 4.78 is 5.49. The molecule has 0 aliphatic carbocycles. The van der Waals surface area contributed by atoms with Crippen molar-refractivity contribution in [3.8, 4) is 0 Å². The molecule has 0 saturated carbocycles. The van der Waals surface area contributed by atoms with Crippen LogP contribution in [-0.4, -0.2) is 57.9 Å². The zero-order valence-electron chi connectivity index (χ0n) is 16.3. The minimum Gasteiger partial charge on any atom is -0.379 e. The predicted octanol–water partition coefficient (Wildman–Crippen LogP) is 3.60. The number of ether oxygens (including phenoxy) is 1. The molecule has 0 spiro atoms. The van der Waals surface area contributed by atoms with Gasteiger partial charge in [0.15, 0.2) is 0 Å². The van der Waals surface area contributed by atoms with Gasteiger partial charge in [-0.15, -0.1) is 0 Å². The first kappa shape index (κ1) is 20.5. The molecule has 2 amide bonds. The second-order valence-corrected chi connectivity index (χ2v) is 7.43. The Morgan fingerprint density at radius 1 is 1.18 bits per heavy atom. The molecule has 6 nitrogen and oxygen atoms in total. The van der Waals surface area contributed by atoms with Gasteiger partial charge in [-0.25, -0.2) is 4.79 Å². The third kappa shape index (κ3) is 5.61. The molecule has 150 valence electrons. The molecule has 0 radical (unpaired) electrons. The molecule has 1 aliphatic rings. The average Bonchev–Trinajstić information content (AvgIpc) is 2.69. The Morgan fingerprint density at radius 3 is 2.54 bits per heavy atom. The standard InChI is InChI=1S/C21H27ClN4O2/c1-25(2)19-8-6-16(7-9-19)20(26-10-12-28-13-11-26)15-23-21(27)24-18-5-3-4-17(22)14-18/h3-9,14,20H,10-13,15H2,1-2H3,(H2,23,24,27)/t20-/m0/s1. The van der Waals surface area contributed by atoms with Gasteiger partial charge in [0.1, 0.15) is 0 Å². The molecule has 2 aromatic rings. The first-order valence-corrected chi connectivity index (χ1v) is 9.80. The smallest absolute Gasteiger partial charge is 0.319 e. The van der Waals surface area contributed by atoms with Gasteiger partial charge in [-0.2, -0.15) is 0 Å². The maximum absolute atomic E-state index is 12.4. The van der Waals surface area contributed by atoms with Gasteiger partial charge in [0.05, 0.1) is 19.3 Å². The highest BCUT2D eigenvalue weighted by Crippen LogP contribution is 2.24. The van der Waals surface area contributed by atoms with E-state index in [9.17, 15) is 4.79 Å². The summed E-state index contributed by atoms with van der Waals surface area (Å²) in [5.74, 6) is 0. The lowest BCUT2D eigenvalue weighted by Crippen LogP contribution is -2.44. The summed E-state index contributed by atoms with van der Waals surface area (Å²) in [6.07, 6.45) is 0. The van der Waals surface area contributed by atoms with E-state index in [0.29, 0.717) is 30.5 Å². The summed E-state index contributed by atoms with van der Waals surface area (Å²) >= 11 is 5.98. The number of anilines is 2. The van der Waals surface area contributed by atoms with Gasteiger partial charge >= 0.3 is 6.03 Å². The van der Waals surface area contributed by atoms with Crippen LogP contribution in [0.15, 0.2) is 48.5 Å². The monoisotopic (exact) mass is 402 g/mol. The first-order chi connectivity index (χ1) is 13.5. The van der Waals surface area contributed by atoms with Crippen LogP contribution >= 0.6 is 11.6 Å². The van der Waals surface area contributed by atoms with E-state index in [2.05, 4.69) is 44.7 Å². The van der Waals surface area contributed by atoms with Crippen LogP contribution in [0, 0.1) is 0 Å². The Hall–Kier alpha value is -2.28. The van der Waals surface area contributed by atoms with Crippen molar-refractivity contribution in [1.29, 1.82) is 0 Å². The molecule has 7 heteroatoms. The molecule has 3 rings (SSSR count). The molecule has 1 aliphatic heterocycles. The number of carbonyl (C=O) groups excluding carboxylic acids is 1. The maximum atomic E-state index is 12.4. The van der Waals surface area contributed by atoms with Gasteiger partial charge in [-0.3, -0.25) is 4.90 Å². The lowest BCUT2D eigenvalue weighted by molar-refractivity contribution is 0.0168. The number of nitrogens with one attached hydrogen (secondary N) is 2. The van der Waals surface area contributed by atoms with Crippen molar-refractivity contribution in [2.45, 2.75) is 6.04 Å². The molecule has 1 saturated heterocycles. The zero-order valence-corrected chi connectivity index (χ0v) is 17.1. The van der Waals surface area contributed by atoms with Crippen molar-refractivity contribution in [2.24, 2.45) is 0 Å². The fourth-order valence-electron chi connectivity index (χ4n) is 3.27. The number of hydrogen-bond donors (Lipinski definition) is 2. The Morgan fingerprint density at radius 2 is 1.89 bits per heavy atom. The topological polar surface area (TPSA) is 56.8 Å². The molecule has 2 N–H and O–H groups in total. The van der Waals surface area contributed by atoms with E-state index in [4.69, 9.17) is 16.3 Å². The zero-order chi connectivity index (χ0) is 19.9. The molecular formula is C21H27ClN4O2. The Balaban J connectivity index is 1.67. The summed E-state index contributed by atoms with van der Waals surface area (Å²) in [6.45, 7) is 3.62. The van der Waals surface area contributed by atoms with Crippen LogP contribution in [0.4, 0.5) is 16.2 Å². The van der Waals surface area contributed by atoms with Crippen LogP contribution in [0.5, 0.6) is 0 Å². The minimum absolute atomic E-state index is 0.0882. The maximum Gasteiger partial charge on any atom is 0.319 e. The lowest BCUT2D eigenvalue weighted by atomic mass is 10.0. The average molecular weight is 403 g/mol. The second-order valence-electron chi connectivity index (χ2n) is 7.00. The number of amides is 2. The van der Waals surface area contributed by atoms with Crippen LogP contribution in [0.2, 0.25) is 5.02 Å². The van der Waals surface area contributed by atoms with Gasteiger partial charge in [0.25, 0.3) is 0 Å². The largest absolute Gasteiger partial charge is 0.379 e. The van der Waals surface area contributed by atoms with E-state index in [-0.39, 0.29) is 12.1 Å². The summed E-state index contributed by atoms with van der Waals surface area (Å²) in [5, 5.41) is 6.42. The highest BCUT2D eigenvalue weighted by atomic mass is 35.5. The molecule has 0 aromatic heterocycles. The summed E-state index contributed by atoms with van der Waals surface area (Å²) in [5.41, 5.74) is 3.00. The van der Waals surface area contributed by atoms with Gasteiger partial charge in [0.2, 0.25) is 0 Å². The van der Waals surface area contributed by atoms with Gasteiger partial charge in [0, 0.05) is 50.1 Å². The highest BCUT2D eigenvalue weighted by Gasteiger charge is 2.23. The van der Waals surface area contributed by atoms with E-state index in [1.54, 1.807) is 18.2 Å². The van der Waals surface area contributed by atoms with Gasteiger partial charge in [-0.1, -0.05) is 29.8 Å². The van der Waals surface area contributed by atoms with Crippen molar-refractivity contribution >= 4 is 29.0 Å². The van der Waals surface area contributed by atoms with E-state index in [0.717, 1.165) is 18.8 Å². The Bertz CT molecular complexity index is 776. The fourth-order valence-corrected chi connectivity index (χ4v) is 3.46. The molecular weight excluding hydrogens is 376 g/mol. The molecule has 1 fully saturated rings. The van der Waals surface area contributed by atoms with Crippen LogP contribution in [0.1, 0.15) is 11.6 Å². The van der Waals surface area contributed by atoms with E-state index < -0.39 is 0 Å². The summed E-state index contributed by atoms with van der Waals surface area (Å²) in [7, 11) is 4.05. The number of rotatable bonds is 6. The number of urea groups is 1. The molecule has 2 aromatic carbocycles. The van der Waals surface area contributed by atoms with E-state index >= 15 is 0 Å². The second kappa shape index (κ2) is 9.78. The number of hydrogen-bond acceptors (Lipinski definition) is 4. The van der Waals surface area contributed by atoms with Crippen LogP contribution < -0.4 is 15.5 Å². The number of benzene rings is 2. The Kier molecular flexibility index (Phi) is 7.14. The SMILES string of the molecule is CN(C)c1ccc([C@H](CNC(=O)Nc2cccc(Cl)c2)N2CCOCC2)cc1. The minimum atomic E-state index is -0.245. The van der Waals surface area contributed by atoms with Crippen molar-refractivity contribution in [1.82, 2.24) is 10.2 Å². The quantitative estimate of drug-likeness (QED) is 0.775. The lowest BCUT2D eigenvalue weighted by Gasteiger charge is -2.35. The van der Waals surface area contributed by atoms with E-state index in [1.165, 1.54) is 5.56 Å². The van der Waals surface area contributed by atoms with Crippen LogP contribution in [0.25, 0.3) is 0 Å². The van der Waals surface area contributed by atoms with Crippen LogP contribution in [-0.2, 0) is 4.74 Å². The van der Waals surface area contributed by atoms with E-state index in [1.807, 2.05) is 20.2 Å². The Labute approximate surface area is 171 Å². The summed E-state index contributed by atoms with van der Waals surface area (Å²) in [6, 6.07) is 15.4. The normalized spacial score (nSPS) is 15.7. The highest BCUT2D eigenvalue weighted by molar-refractivity contribution is 6.30. The van der Waals surface area contributed by atoms with Crippen molar-refractivity contribution in [3.05, 3.63) is 59.1 Å². The first-order valence-electron chi connectivity index (χ1n) is 9.42.